The lowest BCUT2D eigenvalue weighted by atomic mass is 9.89. The van der Waals surface area contributed by atoms with Gasteiger partial charge in [0.25, 0.3) is 0 Å². The Balaban J connectivity index is 2.13. The predicted octanol–water partition coefficient (Wildman–Crippen LogP) is 6.31. The molecule has 0 spiro atoms. The van der Waals surface area contributed by atoms with Crippen LogP contribution in [0, 0.1) is 19.7 Å². The minimum atomic E-state index is -0.321. The molecule has 29 heavy (non-hydrogen) atoms. The van der Waals surface area contributed by atoms with Crippen LogP contribution < -0.4 is 0 Å². The van der Waals surface area contributed by atoms with Gasteiger partial charge in [-0.15, -0.1) is 0 Å². The first-order valence-corrected chi connectivity index (χ1v) is 9.64. The number of carbonyl (C=O) groups is 1. The van der Waals surface area contributed by atoms with Crippen molar-refractivity contribution in [2.45, 2.75) is 27.2 Å². The molecular weight excluding hydrogens is 363 g/mol. The highest BCUT2D eigenvalue weighted by molar-refractivity contribution is 6.05. The molecule has 2 heterocycles. The lowest BCUT2D eigenvalue weighted by molar-refractivity contribution is 0.0984. The fourth-order valence-electron chi connectivity index (χ4n) is 3.93. The van der Waals surface area contributed by atoms with Gasteiger partial charge in [-0.2, -0.15) is 0 Å². The van der Waals surface area contributed by atoms with Crippen molar-refractivity contribution in [2.24, 2.45) is 0 Å². The number of fused-ring (bicyclic) bond motifs is 1. The van der Waals surface area contributed by atoms with Gasteiger partial charge in [0.05, 0.1) is 5.52 Å². The number of halogens is 1. The maximum absolute atomic E-state index is 14.7. The third-order valence-corrected chi connectivity index (χ3v) is 5.27. The van der Waals surface area contributed by atoms with Gasteiger partial charge in [0.2, 0.25) is 0 Å². The molecule has 0 fully saturated rings. The molecule has 0 saturated carbocycles. The topological polar surface area (TPSA) is 42.9 Å². The number of carbonyl (C=O) groups excluding carboxylic acids is 1. The Morgan fingerprint density at radius 3 is 2.52 bits per heavy atom. The Hall–Kier alpha value is -3.40. The van der Waals surface area contributed by atoms with Crippen molar-refractivity contribution in [1.29, 1.82) is 0 Å². The molecule has 0 aliphatic rings. The molecule has 4 heteroatoms. The highest BCUT2D eigenvalue weighted by Crippen LogP contribution is 2.38. The van der Waals surface area contributed by atoms with Crippen LogP contribution in [0.15, 0.2) is 60.9 Å². The number of nitrogens with zero attached hydrogens (tertiary/aromatic N) is 2. The number of benzene rings is 2. The van der Waals surface area contributed by atoms with Crippen molar-refractivity contribution < 1.29 is 9.18 Å². The Kier molecular flexibility index (Phi) is 4.93. The summed E-state index contributed by atoms with van der Waals surface area (Å²) in [7, 11) is 0. The van der Waals surface area contributed by atoms with Crippen LogP contribution in [0.5, 0.6) is 0 Å². The Morgan fingerprint density at radius 1 is 1.03 bits per heavy atom. The fourth-order valence-corrected chi connectivity index (χ4v) is 3.93. The van der Waals surface area contributed by atoms with E-state index in [1.54, 1.807) is 37.4 Å². The largest absolute Gasteiger partial charge is 0.292 e. The van der Waals surface area contributed by atoms with Gasteiger partial charge < -0.3 is 0 Å². The first kappa shape index (κ1) is 18.9. The van der Waals surface area contributed by atoms with Gasteiger partial charge in [-0.05, 0) is 60.4 Å². The lowest BCUT2D eigenvalue weighted by Crippen LogP contribution is -2.04. The second kappa shape index (κ2) is 7.55. The number of ketones is 1. The highest BCUT2D eigenvalue weighted by atomic mass is 19.1. The van der Waals surface area contributed by atoms with Crippen molar-refractivity contribution in [3.8, 4) is 22.3 Å². The van der Waals surface area contributed by atoms with Crippen LogP contribution in [-0.2, 0) is 0 Å². The summed E-state index contributed by atoms with van der Waals surface area (Å²) in [6, 6.07) is 14.3. The Bertz CT molecular complexity index is 1230. The average molecular weight is 384 g/mol. The van der Waals surface area contributed by atoms with Crippen molar-refractivity contribution in [3.05, 3.63) is 83.6 Å². The Morgan fingerprint density at radius 2 is 1.83 bits per heavy atom. The maximum Gasteiger partial charge on any atom is 0.180 e. The molecule has 0 aliphatic carbocycles. The maximum atomic E-state index is 14.7. The van der Waals surface area contributed by atoms with E-state index >= 15 is 0 Å². The van der Waals surface area contributed by atoms with Crippen LogP contribution in [0.4, 0.5) is 4.39 Å². The Labute approximate surface area is 169 Å². The third-order valence-electron chi connectivity index (χ3n) is 5.27. The number of pyridine rings is 2. The number of hydrogen-bond donors (Lipinski definition) is 0. The second-order valence-electron chi connectivity index (χ2n) is 7.14. The van der Waals surface area contributed by atoms with Gasteiger partial charge in [0.15, 0.2) is 5.78 Å². The van der Waals surface area contributed by atoms with Gasteiger partial charge >= 0.3 is 0 Å². The summed E-state index contributed by atoms with van der Waals surface area (Å²) in [5.74, 6) is -0.381. The summed E-state index contributed by atoms with van der Waals surface area (Å²) in [6.07, 6.45) is 3.91. The number of rotatable bonds is 4. The van der Waals surface area contributed by atoms with E-state index in [1.807, 2.05) is 38.2 Å². The smallest absolute Gasteiger partial charge is 0.180 e. The summed E-state index contributed by atoms with van der Waals surface area (Å²) in [5, 5.41) is 0.854. The van der Waals surface area contributed by atoms with Crippen molar-refractivity contribution >= 4 is 16.7 Å². The average Bonchev–Trinajstić information content (AvgIpc) is 2.73. The van der Waals surface area contributed by atoms with Crippen LogP contribution in [0.2, 0.25) is 0 Å². The van der Waals surface area contributed by atoms with Crippen molar-refractivity contribution in [3.63, 3.8) is 0 Å². The lowest BCUT2D eigenvalue weighted by Gasteiger charge is -2.17. The molecule has 0 N–H and O–H groups in total. The quantitative estimate of drug-likeness (QED) is 0.387. The number of aryl methyl sites for hydroxylation is 2. The first-order chi connectivity index (χ1) is 14.0. The van der Waals surface area contributed by atoms with Crippen LogP contribution in [-0.4, -0.2) is 15.8 Å². The van der Waals surface area contributed by atoms with Gasteiger partial charge in [0, 0.05) is 35.3 Å². The summed E-state index contributed by atoms with van der Waals surface area (Å²) >= 11 is 0. The molecule has 0 unspecified atom stereocenters. The zero-order chi connectivity index (χ0) is 20.5. The van der Waals surface area contributed by atoms with E-state index in [1.165, 1.54) is 6.07 Å². The summed E-state index contributed by atoms with van der Waals surface area (Å²) < 4.78 is 14.7. The van der Waals surface area contributed by atoms with E-state index in [4.69, 9.17) is 0 Å². The zero-order valence-electron chi connectivity index (χ0n) is 16.7. The fraction of sp³-hybridized carbons (Fsp3) is 0.160. The first-order valence-electron chi connectivity index (χ1n) is 9.64. The van der Waals surface area contributed by atoms with Gasteiger partial charge in [-0.1, -0.05) is 31.2 Å². The third kappa shape index (κ3) is 3.31. The summed E-state index contributed by atoms with van der Waals surface area (Å²) in [4.78, 5) is 21.3. The minimum absolute atomic E-state index is 0.0591. The molecular formula is C25H21FN2O. The molecule has 4 aromatic rings. The second-order valence-corrected chi connectivity index (χ2v) is 7.14. The van der Waals surface area contributed by atoms with E-state index in [-0.39, 0.29) is 11.6 Å². The predicted molar refractivity (Wildman–Crippen MR) is 114 cm³/mol. The molecule has 0 aliphatic heterocycles. The molecule has 0 atom stereocenters. The molecule has 4 rings (SSSR count). The molecule has 3 nitrogen and oxygen atoms in total. The molecule has 0 amide bonds. The van der Waals surface area contributed by atoms with E-state index in [2.05, 4.69) is 9.97 Å². The number of Topliss-reactive ketones (excluding diaryl/α,β-unsaturated/α-hetero) is 1. The van der Waals surface area contributed by atoms with E-state index in [0.717, 1.165) is 27.6 Å². The monoisotopic (exact) mass is 384 g/mol. The highest BCUT2D eigenvalue weighted by Gasteiger charge is 2.19. The van der Waals surface area contributed by atoms with Crippen LogP contribution in [0.1, 0.15) is 35.0 Å². The van der Waals surface area contributed by atoms with E-state index in [0.29, 0.717) is 28.8 Å². The molecule has 0 bridgehead atoms. The van der Waals surface area contributed by atoms with E-state index in [9.17, 15) is 9.18 Å². The molecule has 144 valence electrons. The zero-order valence-corrected chi connectivity index (χ0v) is 16.7. The van der Waals surface area contributed by atoms with Gasteiger partial charge in [-0.3, -0.25) is 9.78 Å². The molecule has 0 radical (unpaired) electrons. The molecule has 2 aromatic carbocycles. The van der Waals surface area contributed by atoms with E-state index < -0.39 is 0 Å². The van der Waals surface area contributed by atoms with Crippen molar-refractivity contribution in [2.75, 3.05) is 0 Å². The molecule has 2 aromatic heterocycles. The summed E-state index contributed by atoms with van der Waals surface area (Å²) in [6.45, 7) is 5.84. The van der Waals surface area contributed by atoms with Gasteiger partial charge in [-0.25, -0.2) is 9.37 Å². The minimum Gasteiger partial charge on any atom is -0.292 e. The van der Waals surface area contributed by atoms with Crippen LogP contribution in [0.3, 0.4) is 0 Å². The molecule has 0 saturated heterocycles. The van der Waals surface area contributed by atoms with Gasteiger partial charge in [0.1, 0.15) is 11.5 Å². The summed E-state index contributed by atoms with van der Waals surface area (Å²) in [5.41, 5.74) is 6.31. The van der Waals surface area contributed by atoms with Crippen molar-refractivity contribution in [1.82, 2.24) is 9.97 Å². The number of hydrogen-bond acceptors (Lipinski definition) is 3. The number of aromatic nitrogens is 2. The van der Waals surface area contributed by atoms with Crippen LogP contribution in [0.25, 0.3) is 33.2 Å². The normalized spacial score (nSPS) is 11.0. The SMILES string of the molecule is CCC(=O)c1cc(-c2ccccc2F)c2c(C)c(-c3cccnc3)c(C)cc2n1. The standard InChI is InChI=1S/C25H21FN2O/c1-4-23(29)21-13-19(18-9-5-6-10-20(18)26)25-16(3)24(15(2)12-22(25)28-21)17-8-7-11-27-14-17/h5-14H,4H2,1-3H3. The van der Waals surface area contributed by atoms with Crippen LogP contribution >= 0.6 is 0 Å².